The molecule has 0 aliphatic carbocycles. The SMILES string of the molecule is O=C1CCCc2ccccc2N(c2cccc(C(F)(F)F)c2)C(=O)C1. The van der Waals surface area contributed by atoms with E-state index < -0.39 is 17.6 Å². The lowest BCUT2D eigenvalue weighted by atomic mass is 10.0. The maximum Gasteiger partial charge on any atom is 0.416 e. The first-order valence-electron chi connectivity index (χ1n) is 7.96. The highest BCUT2D eigenvalue weighted by atomic mass is 19.4. The first kappa shape index (κ1) is 17.2. The van der Waals surface area contributed by atoms with Crippen LogP contribution in [-0.2, 0) is 22.2 Å². The average molecular weight is 347 g/mol. The third-order valence-electron chi connectivity index (χ3n) is 4.16. The number of ketones is 1. The Balaban J connectivity index is 2.14. The van der Waals surface area contributed by atoms with Crippen LogP contribution in [0, 0.1) is 0 Å². The molecule has 25 heavy (non-hydrogen) atoms. The zero-order valence-electron chi connectivity index (χ0n) is 13.3. The summed E-state index contributed by atoms with van der Waals surface area (Å²) in [5, 5.41) is 0. The van der Waals surface area contributed by atoms with E-state index >= 15 is 0 Å². The fourth-order valence-electron chi connectivity index (χ4n) is 2.99. The smallest absolute Gasteiger partial charge is 0.299 e. The van der Waals surface area contributed by atoms with E-state index in [9.17, 15) is 22.8 Å². The van der Waals surface area contributed by atoms with Gasteiger partial charge in [-0.2, -0.15) is 13.2 Å². The molecule has 6 heteroatoms. The van der Waals surface area contributed by atoms with Gasteiger partial charge in [-0.05, 0) is 42.7 Å². The lowest BCUT2D eigenvalue weighted by Crippen LogP contribution is -2.28. The summed E-state index contributed by atoms with van der Waals surface area (Å²) in [5.41, 5.74) is 0.646. The molecule has 0 saturated carbocycles. The fourth-order valence-corrected chi connectivity index (χ4v) is 2.99. The van der Waals surface area contributed by atoms with Crippen molar-refractivity contribution in [2.24, 2.45) is 0 Å². The van der Waals surface area contributed by atoms with Crippen LogP contribution in [0.15, 0.2) is 48.5 Å². The molecule has 0 N–H and O–H groups in total. The third kappa shape index (κ3) is 3.73. The number of hydrogen-bond donors (Lipinski definition) is 0. The van der Waals surface area contributed by atoms with E-state index in [0.717, 1.165) is 17.7 Å². The van der Waals surface area contributed by atoms with Crippen molar-refractivity contribution in [1.82, 2.24) is 0 Å². The van der Waals surface area contributed by atoms with Crippen LogP contribution in [-0.4, -0.2) is 11.7 Å². The highest BCUT2D eigenvalue weighted by molar-refractivity contribution is 6.10. The Morgan fingerprint density at radius 1 is 0.920 bits per heavy atom. The van der Waals surface area contributed by atoms with Gasteiger partial charge in [0.25, 0.3) is 0 Å². The van der Waals surface area contributed by atoms with Crippen LogP contribution in [0.1, 0.15) is 30.4 Å². The van der Waals surface area contributed by atoms with Gasteiger partial charge in [0.05, 0.1) is 17.7 Å². The topological polar surface area (TPSA) is 37.4 Å². The van der Waals surface area contributed by atoms with E-state index in [4.69, 9.17) is 0 Å². The number of alkyl halides is 3. The number of amides is 1. The van der Waals surface area contributed by atoms with Crippen molar-refractivity contribution in [1.29, 1.82) is 0 Å². The molecule has 2 aromatic rings. The molecular weight excluding hydrogens is 331 g/mol. The highest BCUT2D eigenvalue weighted by Crippen LogP contribution is 2.36. The molecule has 0 atom stereocenters. The van der Waals surface area contributed by atoms with Crippen molar-refractivity contribution in [2.45, 2.75) is 31.9 Å². The number of fused-ring (bicyclic) bond motifs is 1. The normalized spacial score (nSPS) is 16.0. The van der Waals surface area contributed by atoms with Gasteiger partial charge in [0.1, 0.15) is 5.78 Å². The Bertz CT molecular complexity index is 814. The molecule has 1 heterocycles. The highest BCUT2D eigenvalue weighted by Gasteiger charge is 2.32. The summed E-state index contributed by atoms with van der Waals surface area (Å²) in [7, 11) is 0. The summed E-state index contributed by atoms with van der Waals surface area (Å²) >= 11 is 0. The summed E-state index contributed by atoms with van der Waals surface area (Å²) < 4.78 is 39.1. The zero-order chi connectivity index (χ0) is 18.0. The van der Waals surface area contributed by atoms with Crippen molar-refractivity contribution < 1.29 is 22.8 Å². The first-order valence-corrected chi connectivity index (χ1v) is 7.96. The fraction of sp³-hybridized carbons (Fsp3) is 0.263. The standard InChI is InChI=1S/C19H16F3NO2/c20-19(21,22)14-7-4-8-15(11-14)23-17-10-2-1-5-13(17)6-3-9-16(24)12-18(23)25/h1-2,4-5,7-8,10-11H,3,6,9,12H2. The second-order valence-corrected chi connectivity index (χ2v) is 5.97. The molecule has 1 aliphatic rings. The number of carbonyl (C=O) groups excluding carboxylic acids is 2. The predicted octanol–water partition coefficient (Wildman–Crippen LogP) is 4.67. The summed E-state index contributed by atoms with van der Waals surface area (Å²) in [5.74, 6) is -0.714. The van der Waals surface area contributed by atoms with Gasteiger partial charge in [-0.25, -0.2) is 0 Å². The number of nitrogens with zero attached hydrogens (tertiary/aromatic N) is 1. The number of Topliss-reactive ketones (excluding diaryl/α,β-unsaturated/α-hetero) is 1. The minimum absolute atomic E-state index is 0.113. The number of rotatable bonds is 1. The molecular formula is C19H16F3NO2. The summed E-state index contributed by atoms with van der Waals surface area (Å²) in [6.07, 6.45) is -3.33. The van der Waals surface area contributed by atoms with E-state index in [1.54, 1.807) is 12.1 Å². The summed E-state index contributed by atoms with van der Waals surface area (Å²) in [6, 6.07) is 11.7. The van der Waals surface area contributed by atoms with Gasteiger partial charge in [0, 0.05) is 12.1 Å². The van der Waals surface area contributed by atoms with Crippen LogP contribution in [0.3, 0.4) is 0 Å². The Morgan fingerprint density at radius 3 is 2.44 bits per heavy atom. The van der Waals surface area contributed by atoms with Crippen LogP contribution in [0.5, 0.6) is 0 Å². The number of halogens is 3. The van der Waals surface area contributed by atoms with Gasteiger partial charge in [0.2, 0.25) is 5.91 Å². The van der Waals surface area contributed by atoms with Crippen molar-refractivity contribution in [3.63, 3.8) is 0 Å². The molecule has 0 fully saturated rings. The van der Waals surface area contributed by atoms with E-state index in [0.29, 0.717) is 18.5 Å². The Morgan fingerprint density at radius 2 is 1.68 bits per heavy atom. The van der Waals surface area contributed by atoms with Crippen LogP contribution in [0.2, 0.25) is 0 Å². The van der Waals surface area contributed by atoms with E-state index in [1.165, 1.54) is 17.0 Å². The minimum Gasteiger partial charge on any atom is -0.299 e. The molecule has 3 nitrogen and oxygen atoms in total. The molecule has 130 valence electrons. The maximum absolute atomic E-state index is 13.0. The Kier molecular flexibility index (Phi) is 4.61. The van der Waals surface area contributed by atoms with Crippen molar-refractivity contribution in [3.05, 3.63) is 59.7 Å². The molecule has 1 amide bonds. The second-order valence-electron chi connectivity index (χ2n) is 5.97. The van der Waals surface area contributed by atoms with Gasteiger partial charge in [-0.1, -0.05) is 24.3 Å². The molecule has 2 aromatic carbocycles. The van der Waals surface area contributed by atoms with Gasteiger partial charge in [0.15, 0.2) is 0 Å². The van der Waals surface area contributed by atoms with Crippen molar-refractivity contribution in [2.75, 3.05) is 4.90 Å². The first-order chi connectivity index (χ1) is 11.9. The van der Waals surface area contributed by atoms with Crippen molar-refractivity contribution in [3.8, 4) is 0 Å². The minimum atomic E-state index is -4.51. The number of hydrogen-bond acceptors (Lipinski definition) is 2. The van der Waals surface area contributed by atoms with Crippen LogP contribution in [0.25, 0.3) is 0 Å². The van der Waals surface area contributed by atoms with Gasteiger partial charge >= 0.3 is 6.18 Å². The number of carbonyl (C=O) groups is 2. The van der Waals surface area contributed by atoms with Gasteiger partial charge < -0.3 is 0 Å². The van der Waals surface area contributed by atoms with Crippen LogP contribution in [0.4, 0.5) is 24.5 Å². The predicted molar refractivity (Wildman–Crippen MR) is 87.6 cm³/mol. The van der Waals surface area contributed by atoms with Crippen LogP contribution >= 0.6 is 0 Å². The molecule has 0 bridgehead atoms. The maximum atomic E-state index is 13.0. The lowest BCUT2D eigenvalue weighted by Gasteiger charge is -2.25. The number of aryl methyl sites for hydroxylation is 1. The number of benzene rings is 2. The number of anilines is 2. The van der Waals surface area contributed by atoms with E-state index in [-0.39, 0.29) is 24.3 Å². The summed E-state index contributed by atoms with van der Waals surface area (Å²) in [4.78, 5) is 25.8. The molecule has 0 saturated heterocycles. The van der Waals surface area contributed by atoms with Crippen molar-refractivity contribution >= 4 is 23.1 Å². The quantitative estimate of drug-likeness (QED) is 0.703. The van der Waals surface area contributed by atoms with E-state index in [2.05, 4.69) is 0 Å². The Hall–Kier alpha value is -2.63. The molecule has 0 aromatic heterocycles. The summed E-state index contributed by atoms with van der Waals surface area (Å²) in [6.45, 7) is 0. The monoisotopic (exact) mass is 347 g/mol. The molecule has 3 rings (SSSR count). The number of para-hydroxylation sites is 1. The van der Waals surface area contributed by atoms with Gasteiger partial charge in [-0.15, -0.1) is 0 Å². The zero-order valence-corrected chi connectivity index (χ0v) is 13.3. The Labute approximate surface area is 143 Å². The average Bonchev–Trinajstić information content (AvgIpc) is 2.61. The van der Waals surface area contributed by atoms with Crippen LogP contribution < -0.4 is 4.90 Å². The molecule has 0 radical (unpaired) electrons. The lowest BCUT2D eigenvalue weighted by molar-refractivity contribution is -0.137. The third-order valence-corrected chi connectivity index (χ3v) is 4.16. The second kappa shape index (κ2) is 6.70. The molecule has 0 spiro atoms. The molecule has 0 unspecified atom stereocenters. The van der Waals surface area contributed by atoms with Gasteiger partial charge in [-0.3, -0.25) is 14.5 Å². The van der Waals surface area contributed by atoms with E-state index in [1.807, 2.05) is 12.1 Å². The molecule has 1 aliphatic heterocycles. The largest absolute Gasteiger partial charge is 0.416 e.